The first-order chi connectivity index (χ1) is 9.79. The normalized spacial score (nSPS) is 11.1. The molecule has 0 amide bonds. The number of nitrogen functional groups attached to an aromatic ring is 1. The van der Waals surface area contributed by atoms with Crippen LogP contribution in [0.15, 0.2) is 42.6 Å². The third-order valence-corrected chi connectivity index (χ3v) is 3.43. The van der Waals surface area contributed by atoms with Gasteiger partial charge in [-0.1, -0.05) is 25.1 Å². The van der Waals surface area contributed by atoms with Crippen LogP contribution in [0, 0.1) is 0 Å². The van der Waals surface area contributed by atoms with Crippen molar-refractivity contribution in [2.75, 3.05) is 5.73 Å². The second-order valence-electron chi connectivity index (χ2n) is 4.90. The smallest absolute Gasteiger partial charge is 0.159 e. The second kappa shape index (κ2) is 5.33. The zero-order valence-corrected chi connectivity index (χ0v) is 11.6. The number of aromatic nitrogens is 3. The molecule has 0 unspecified atom stereocenters. The summed E-state index contributed by atoms with van der Waals surface area (Å²) < 4.78 is 2.20. The van der Waals surface area contributed by atoms with Crippen LogP contribution in [0.1, 0.15) is 24.7 Å². The summed E-state index contributed by atoms with van der Waals surface area (Å²) in [4.78, 5) is 9.17. The molecule has 4 nitrogen and oxygen atoms in total. The lowest BCUT2D eigenvalue weighted by atomic mass is 10.1. The van der Waals surface area contributed by atoms with Gasteiger partial charge in [-0.05, 0) is 30.2 Å². The van der Waals surface area contributed by atoms with E-state index in [-0.39, 0.29) is 0 Å². The highest BCUT2D eigenvalue weighted by molar-refractivity contribution is 5.71. The number of anilines is 1. The minimum Gasteiger partial charge on any atom is -0.398 e. The zero-order chi connectivity index (χ0) is 13.9. The Balaban J connectivity index is 2.06. The van der Waals surface area contributed by atoms with Crippen molar-refractivity contribution >= 4 is 16.9 Å². The Morgan fingerprint density at radius 1 is 1.15 bits per heavy atom. The summed E-state index contributed by atoms with van der Waals surface area (Å²) in [5.74, 6) is 1.03. The number of nitrogens with two attached hydrogens (primary N) is 1. The molecule has 0 saturated carbocycles. The SMILES string of the molecule is CCCn1c(Cc2ccccc2N)nc2cccnc21. The minimum atomic E-state index is 0.739. The number of fused-ring (bicyclic) bond motifs is 1. The first-order valence-electron chi connectivity index (χ1n) is 6.93. The van der Waals surface area contributed by atoms with Crippen molar-refractivity contribution in [3.8, 4) is 0 Å². The zero-order valence-electron chi connectivity index (χ0n) is 11.6. The van der Waals surface area contributed by atoms with Crippen LogP contribution in [0.4, 0.5) is 5.69 Å². The molecule has 3 aromatic rings. The molecule has 0 spiro atoms. The molecular formula is C16H18N4. The van der Waals surface area contributed by atoms with Gasteiger partial charge in [-0.2, -0.15) is 0 Å². The minimum absolute atomic E-state index is 0.739. The van der Waals surface area contributed by atoms with Gasteiger partial charge in [0, 0.05) is 24.8 Å². The molecule has 4 heteroatoms. The van der Waals surface area contributed by atoms with Gasteiger partial charge in [-0.15, -0.1) is 0 Å². The van der Waals surface area contributed by atoms with E-state index in [1.165, 1.54) is 0 Å². The van der Waals surface area contributed by atoms with E-state index in [9.17, 15) is 0 Å². The Kier molecular flexibility index (Phi) is 3.37. The van der Waals surface area contributed by atoms with Crippen LogP contribution < -0.4 is 5.73 Å². The number of rotatable bonds is 4. The number of aryl methyl sites for hydroxylation is 1. The lowest BCUT2D eigenvalue weighted by molar-refractivity contribution is 0.659. The van der Waals surface area contributed by atoms with Crippen LogP contribution in [0.25, 0.3) is 11.2 Å². The van der Waals surface area contributed by atoms with Crippen LogP contribution in [0.2, 0.25) is 0 Å². The first kappa shape index (κ1) is 12.7. The molecule has 20 heavy (non-hydrogen) atoms. The second-order valence-corrected chi connectivity index (χ2v) is 4.90. The Hall–Kier alpha value is -2.36. The lowest BCUT2D eigenvalue weighted by Gasteiger charge is -2.08. The van der Waals surface area contributed by atoms with Crippen molar-refractivity contribution in [1.29, 1.82) is 0 Å². The van der Waals surface area contributed by atoms with Gasteiger partial charge in [-0.3, -0.25) is 0 Å². The maximum atomic E-state index is 6.03. The molecular weight excluding hydrogens is 248 g/mol. The summed E-state index contributed by atoms with van der Waals surface area (Å²) in [6.45, 7) is 3.09. The number of hydrogen-bond acceptors (Lipinski definition) is 3. The van der Waals surface area contributed by atoms with Gasteiger partial charge in [0.05, 0.1) is 0 Å². The quantitative estimate of drug-likeness (QED) is 0.738. The maximum Gasteiger partial charge on any atom is 0.159 e. The van der Waals surface area contributed by atoms with Crippen molar-refractivity contribution in [1.82, 2.24) is 14.5 Å². The summed E-state index contributed by atoms with van der Waals surface area (Å²) in [5.41, 5.74) is 9.87. The van der Waals surface area contributed by atoms with E-state index >= 15 is 0 Å². The Morgan fingerprint density at radius 3 is 2.80 bits per heavy atom. The molecule has 102 valence electrons. The molecule has 2 heterocycles. The van der Waals surface area contributed by atoms with Crippen LogP contribution in [-0.2, 0) is 13.0 Å². The topological polar surface area (TPSA) is 56.7 Å². The maximum absolute atomic E-state index is 6.03. The van der Waals surface area contributed by atoms with E-state index in [0.717, 1.165) is 47.6 Å². The monoisotopic (exact) mass is 266 g/mol. The summed E-state index contributed by atoms with van der Waals surface area (Å²) in [6.07, 6.45) is 3.61. The van der Waals surface area contributed by atoms with Gasteiger partial charge in [-0.25, -0.2) is 9.97 Å². The van der Waals surface area contributed by atoms with Crippen LogP contribution in [0.5, 0.6) is 0 Å². The van der Waals surface area contributed by atoms with Crippen molar-refractivity contribution in [3.63, 3.8) is 0 Å². The van der Waals surface area contributed by atoms with Crippen LogP contribution in [-0.4, -0.2) is 14.5 Å². The van der Waals surface area contributed by atoms with E-state index in [4.69, 9.17) is 10.7 Å². The first-order valence-corrected chi connectivity index (χ1v) is 6.93. The highest BCUT2D eigenvalue weighted by Gasteiger charge is 2.12. The molecule has 0 aliphatic heterocycles. The van der Waals surface area contributed by atoms with Crippen LogP contribution >= 0.6 is 0 Å². The number of para-hydroxylation sites is 1. The van der Waals surface area contributed by atoms with E-state index in [2.05, 4.69) is 22.5 Å². The van der Waals surface area contributed by atoms with E-state index in [0.29, 0.717) is 0 Å². The number of nitrogens with zero attached hydrogens (tertiary/aromatic N) is 3. The van der Waals surface area contributed by atoms with E-state index in [1.807, 2.05) is 36.5 Å². The molecule has 2 aromatic heterocycles. The number of benzene rings is 1. The molecule has 2 N–H and O–H groups in total. The Labute approximate surface area is 118 Å². The van der Waals surface area contributed by atoms with Crippen molar-refractivity contribution < 1.29 is 0 Å². The Bertz CT molecular complexity index is 730. The molecule has 0 fully saturated rings. The average Bonchev–Trinajstić information content (AvgIpc) is 2.80. The third-order valence-electron chi connectivity index (χ3n) is 3.43. The number of imidazole rings is 1. The van der Waals surface area contributed by atoms with E-state index < -0.39 is 0 Å². The predicted octanol–water partition coefficient (Wildman–Crippen LogP) is 3.01. The molecule has 1 aromatic carbocycles. The van der Waals surface area contributed by atoms with E-state index in [1.54, 1.807) is 0 Å². The van der Waals surface area contributed by atoms with Crippen molar-refractivity contribution in [2.24, 2.45) is 0 Å². The third kappa shape index (κ3) is 2.25. The fourth-order valence-corrected chi connectivity index (χ4v) is 2.46. The number of pyridine rings is 1. The standard InChI is InChI=1S/C16H18N4/c1-2-10-20-15(11-12-6-3-4-7-13(12)17)19-14-8-5-9-18-16(14)20/h3-9H,2,10-11,17H2,1H3. The van der Waals surface area contributed by atoms with Gasteiger partial charge >= 0.3 is 0 Å². The molecule has 3 rings (SSSR count). The highest BCUT2D eigenvalue weighted by Crippen LogP contribution is 2.20. The highest BCUT2D eigenvalue weighted by atomic mass is 15.1. The largest absolute Gasteiger partial charge is 0.398 e. The fraction of sp³-hybridized carbons (Fsp3) is 0.250. The summed E-state index contributed by atoms with van der Waals surface area (Å²) >= 11 is 0. The van der Waals surface area contributed by atoms with Gasteiger partial charge in [0.2, 0.25) is 0 Å². The molecule has 0 bridgehead atoms. The summed E-state index contributed by atoms with van der Waals surface area (Å²) in [7, 11) is 0. The van der Waals surface area contributed by atoms with Crippen LogP contribution in [0.3, 0.4) is 0 Å². The van der Waals surface area contributed by atoms with Gasteiger partial charge < -0.3 is 10.3 Å². The molecule has 0 atom stereocenters. The summed E-state index contributed by atoms with van der Waals surface area (Å²) in [6, 6.07) is 11.9. The van der Waals surface area contributed by atoms with Gasteiger partial charge in [0.1, 0.15) is 11.3 Å². The molecule has 0 aliphatic rings. The van der Waals surface area contributed by atoms with Gasteiger partial charge in [0.25, 0.3) is 0 Å². The molecule has 0 radical (unpaired) electrons. The van der Waals surface area contributed by atoms with Crippen molar-refractivity contribution in [3.05, 3.63) is 54.0 Å². The summed E-state index contributed by atoms with van der Waals surface area (Å²) in [5, 5.41) is 0. The molecule has 0 aliphatic carbocycles. The Morgan fingerprint density at radius 2 is 2.00 bits per heavy atom. The number of hydrogen-bond donors (Lipinski definition) is 1. The average molecular weight is 266 g/mol. The lowest BCUT2D eigenvalue weighted by Crippen LogP contribution is -2.06. The predicted molar refractivity (Wildman–Crippen MR) is 81.5 cm³/mol. The van der Waals surface area contributed by atoms with Crippen molar-refractivity contribution in [2.45, 2.75) is 26.3 Å². The molecule has 0 saturated heterocycles. The van der Waals surface area contributed by atoms with Gasteiger partial charge in [0.15, 0.2) is 5.65 Å². The fourth-order valence-electron chi connectivity index (χ4n) is 2.46.